The van der Waals surface area contributed by atoms with Gasteiger partial charge in [0.25, 0.3) is 5.91 Å². The molecular formula is C15H13Cl2N3O3. The number of amides is 3. The van der Waals surface area contributed by atoms with E-state index >= 15 is 0 Å². The van der Waals surface area contributed by atoms with Crippen LogP contribution in [0.3, 0.4) is 0 Å². The highest BCUT2D eigenvalue weighted by Crippen LogP contribution is 2.27. The predicted molar refractivity (Wildman–Crippen MR) is 90.2 cm³/mol. The van der Waals surface area contributed by atoms with E-state index in [0.29, 0.717) is 27.2 Å². The third kappa shape index (κ3) is 5.36. The van der Waals surface area contributed by atoms with Gasteiger partial charge in [0.05, 0.1) is 5.02 Å². The third-order valence-electron chi connectivity index (χ3n) is 2.67. The molecule has 0 atom stereocenters. The molecule has 3 amide bonds. The summed E-state index contributed by atoms with van der Waals surface area (Å²) in [5, 5.41) is 5.84. The average molecular weight is 354 g/mol. The van der Waals surface area contributed by atoms with Crippen LogP contribution in [0.1, 0.15) is 0 Å². The van der Waals surface area contributed by atoms with Gasteiger partial charge >= 0.3 is 6.03 Å². The maximum Gasteiger partial charge on any atom is 0.316 e. The average Bonchev–Trinajstić information content (AvgIpc) is 2.46. The van der Waals surface area contributed by atoms with Crippen molar-refractivity contribution in [2.45, 2.75) is 0 Å². The minimum absolute atomic E-state index is 0.227. The van der Waals surface area contributed by atoms with E-state index in [1.165, 1.54) is 6.07 Å². The molecule has 0 spiro atoms. The Hall–Kier alpha value is -2.44. The first-order valence-corrected chi connectivity index (χ1v) is 7.24. The number of rotatable bonds is 5. The number of nitrogens with one attached hydrogen (secondary N) is 2. The third-order valence-corrected chi connectivity index (χ3v) is 3.20. The van der Waals surface area contributed by atoms with Gasteiger partial charge < -0.3 is 21.1 Å². The quantitative estimate of drug-likeness (QED) is 0.767. The molecule has 0 saturated heterocycles. The van der Waals surface area contributed by atoms with Crippen molar-refractivity contribution in [3.8, 4) is 5.75 Å². The van der Waals surface area contributed by atoms with Crippen LogP contribution in [0.2, 0.25) is 10.0 Å². The largest absolute Gasteiger partial charge is 0.482 e. The fraction of sp³-hybridized carbons (Fsp3) is 0.0667. The van der Waals surface area contributed by atoms with Gasteiger partial charge in [-0.25, -0.2) is 4.79 Å². The van der Waals surface area contributed by atoms with Crippen molar-refractivity contribution in [3.63, 3.8) is 0 Å². The summed E-state index contributed by atoms with van der Waals surface area (Å²) in [5.74, 6) is -0.0254. The molecular weight excluding hydrogens is 341 g/mol. The highest BCUT2D eigenvalue weighted by atomic mass is 35.5. The molecule has 8 heteroatoms. The lowest BCUT2D eigenvalue weighted by Crippen LogP contribution is -2.21. The Bertz CT molecular complexity index is 738. The number of anilines is 2. The minimum atomic E-state index is -0.686. The molecule has 2 aromatic rings. The van der Waals surface area contributed by atoms with Crippen molar-refractivity contribution in [3.05, 3.63) is 52.5 Å². The van der Waals surface area contributed by atoms with Crippen molar-refractivity contribution >= 4 is 46.5 Å². The fourth-order valence-electron chi connectivity index (χ4n) is 1.75. The van der Waals surface area contributed by atoms with Gasteiger partial charge in [0, 0.05) is 16.4 Å². The summed E-state index contributed by atoms with van der Waals surface area (Å²) in [5.41, 5.74) is 6.00. The van der Waals surface area contributed by atoms with Gasteiger partial charge in [-0.2, -0.15) is 0 Å². The Morgan fingerprint density at radius 1 is 1.04 bits per heavy atom. The lowest BCUT2D eigenvalue weighted by Gasteiger charge is -2.10. The maximum absolute atomic E-state index is 11.9. The summed E-state index contributed by atoms with van der Waals surface area (Å²) < 4.78 is 5.33. The molecule has 0 aliphatic rings. The van der Waals surface area contributed by atoms with Crippen molar-refractivity contribution in [2.75, 3.05) is 17.2 Å². The van der Waals surface area contributed by atoms with Crippen LogP contribution in [0.25, 0.3) is 0 Å². The van der Waals surface area contributed by atoms with Crippen LogP contribution in [0.5, 0.6) is 5.75 Å². The van der Waals surface area contributed by atoms with Crippen LogP contribution < -0.4 is 21.1 Å². The Kier molecular flexibility index (Phi) is 5.67. The Morgan fingerprint density at radius 2 is 1.74 bits per heavy atom. The normalized spacial score (nSPS) is 10.0. The number of hydrogen-bond acceptors (Lipinski definition) is 3. The number of urea groups is 1. The fourth-order valence-corrected chi connectivity index (χ4v) is 2.21. The predicted octanol–water partition coefficient (Wildman–Crippen LogP) is 3.50. The molecule has 23 heavy (non-hydrogen) atoms. The van der Waals surface area contributed by atoms with Crippen LogP contribution in [0.15, 0.2) is 42.5 Å². The van der Waals surface area contributed by atoms with Gasteiger partial charge in [0.1, 0.15) is 5.75 Å². The Morgan fingerprint density at radius 3 is 2.39 bits per heavy atom. The number of ether oxygens (including phenoxy) is 1. The topological polar surface area (TPSA) is 93.5 Å². The molecule has 2 rings (SSSR count). The number of carbonyl (C=O) groups is 2. The molecule has 0 radical (unpaired) electrons. The smallest absolute Gasteiger partial charge is 0.316 e. The summed E-state index contributed by atoms with van der Waals surface area (Å²) in [6.07, 6.45) is 0. The van der Waals surface area contributed by atoms with Gasteiger partial charge in [-0.05, 0) is 36.4 Å². The monoisotopic (exact) mass is 353 g/mol. The Labute approximate surface area is 142 Å². The number of halogens is 2. The maximum atomic E-state index is 11.9. The molecule has 0 fully saturated rings. The summed E-state index contributed by atoms with van der Waals surface area (Å²) in [7, 11) is 0. The van der Waals surface area contributed by atoms with Gasteiger partial charge in [-0.3, -0.25) is 4.79 Å². The second-order valence-corrected chi connectivity index (χ2v) is 5.33. The number of carbonyl (C=O) groups excluding carboxylic acids is 2. The lowest BCUT2D eigenvalue weighted by molar-refractivity contribution is -0.118. The van der Waals surface area contributed by atoms with Crippen LogP contribution in [0, 0.1) is 0 Å². The van der Waals surface area contributed by atoms with Gasteiger partial charge in [-0.15, -0.1) is 0 Å². The van der Waals surface area contributed by atoms with E-state index in [2.05, 4.69) is 10.6 Å². The highest BCUT2D eigenvalue weighted by Gasteiger charge is 2.07. The molecule has 4 N–H and O–H groups in total. The van der Waals surface area contributed by atoms with Crippen molar-refractivity contribution in [1.29, 1.82) is 0 Å². The molecule has 0 unspecified atom stereocenters. The van der Waals surface area contributed by atoms with E-state index in [1.807, 2.05) is 0 Å². The molecule has 0 aliphatic carbocycles. The SMILES string of the molecule is NC(=O)Nc1cccc(NC(=O)COc2ccc(Cl)cc2Cl)c1. The van der Waals surface area contributed by atoms with Crippen LogP contribution in [-0.4, -0.2) is 18.5 Å². The molecule has 0 aromatic heterocycles. The van der Waals surface area contributed by atoms with E-state index in [-0.39, 0.29) is 12.5 Å². The van der Waals surface area contributed by atoms with Gasteiger partial charge in [-0.1, -0.05) is 29.3 Å². The van der Waals surface area contributed by atoms with E-state index in [4.69, 9.17) is 33.7 Å². The summed E-state index contributed by atoms with van der Waals surface area (Å²) >= 11 is 11.7. The van der Waals surface area contributed by atoms with Crippen LogP contribution in [-0.2, 0) is 4.79 Å². The van der Waals surface area contributed by atoms with Crippen LogP contribution >= 0.6 is 23.2 Å². The molecule has 0 bridgehead atoms. The number of primary amides is 1. The number of nitrogens with two attached hydrogens (primary N) is 1. The summed E-state index contributed by atoms with van der Waals surface area (Å²) in [6, 6.07) is 10.6. The molecule has 6 nitrogen and oxygen atoms in total. The summed E-state index contributed by atoms with van der Waals surface area (Å²) in [6.45, 7) is -0.227. The first-order valence-electron chi connectivity index (χ1n) is 6.48. The second-order valence-electron chi connectivity index (χ2n) is 4.48. The second kappa shape index (κ2) is 7.71. The van der Waals surface area contributed by atoms with Gasteiger partial charge in [0.2, 0.25) is 0 Å². The number of hydrogen-bond donors (Lipinski definition) is 3. The first kappa shape index (κ1) is 16.9. The molecule has 0 saturated carbocycles. The van der Waals surface area contributed by atoms with Crippen molar-refractivity contribution in [1.82, 2.24) is 0 Å². The van der Waals surface area contributed by atoms with Crippen LogP contribution in [0.4, 0.5) is 16.2 Å². The molecule has 120 valence electrons. The Balaban J connectivity index is 1.93. The van der Waals surface area contributed by atoms with Gasteiger partial charge in [0.15, 0.2) is 6.61 Å². The zero-order valence-corrected chi connectivity index (χ0v) is 13.3. The standard InChI is InChI=1S/C15H13Cl2N3O3/c16-9-4-5-13(12(17)6-9)23-8-14(21)19-10-2-1-3-11(7-10)20-15(18)22/h1-7H,8H2,(H,19,21)(H3,18,20,22). The van der Waals surface area contributed by atoms with Crippen molar-refractivity contribution in [2.24, 2.45) is 5.73 Å². The zero-order valence-electron chi connectivity index (χ0n) is 11.8. The summed E-state index contributed by atoms with van der Waals surface area (Å²) in [4.78, 5) is 22.7. The molecule has 0 heterocycles. The van der Waals surface area contributed by atoms with E-state index < -0.39 is 6.03 Å². The van der Waals surface area contributed by atoms with Crippen molar-refractivity contribution < 1.29 is 14.3 Å². The van der Waals surface area contributed by atoms with E-state index in [0.717, 1.165) is 0 Å². The first-order chi connectivity index (χ1) is 10.9. The van der Waals surface area contributed by atoms with E-state index in [9.17, 15) is 9.59 Å². The molecule has 2 aromatic carbocycles. The lowest BCUT2D eigenvalue weighted by atomic mass is 10.2. The molecule has 0 aliphatic heterocycles. The van der Waals surface area contributed by atoms with E-state index in [1.54, 1.807) is 36.4 Å². The zero-order chi connectivity index (χ0) is 16.8. The number of benzene rings is 2. The highest BCUT2D eigenvalue weighted by molar-refractivity contribution is 6.35. The minimum Gasteiger partial charge on any atom is -0.482 e.